The number of thioether (sulfide) groups is 1. The number of thiol groups is 1. The summed E-state index contributed by atoms with van der Waals surface area (Å²) in [5.74, 6) is 1.94. The summed E-state index contributed by atoms with van der Waals surface area (Å²) in [6.07, 6.45) is 1.08. The van der Waals surface area contributed by atoms with E-state index in [0.717, 1.165) is 23.1 Å². The van der Waals surface area contributed by atoms with Gasteiger partial charge in [-0.3, -0.25) is 0 Å². The molecule has 11 heavy (non-hydrogen) atoms. The Hall–Kier alpha value is -0.230. The van der Waals surface area contributed by atoms with Crippen LogP contribution in [0.3, 0.4) is 0 Å². The lowest BCUT2D eigenvalue weighted by Gasteiger charge is -1.95. The van der Waals surface area contributed by atoms with Gasteiger partial charge < -0.3 is 0 Å². The van der Waals surface area contributed by atoms with Gasteiger partial charge in [-0.25, -0.2) is 4.68 Å². The molecule has 0 saturated carbocycles. The molecular weight excluding hydrogens is 180 g/mol. The largest absolute Gasteiger partial charge is 0.224 e. The number of rotatable bonds is 4. The molecule has 0 atom stereocenters. The van der Waals surface area contributed by atoms with Gasteiger partial charge in [-0.2, -0.15) is 12.6 Å². The highest BCUT2D eigenvalue weighted by molar-refractivity contribution is 7.99. The molecule has 0 amide bonds. The fourth-order valence-electron chi connectivity index (χ4n) is 0.572. The molecule has 4 nitrogen and oxygen atoms in total. The van der Waals surface area contributed by atoms with Crippen LogP contribution in [-0.2, 0) is 7.05 Å². The molecule has 0 unspecified atom stereocenters. The number of nitrogens with zero attached hydrogens (tertiary/aromatic N) is 4. The minimum atomic E-state index is 0.867. The monoisotopic (exact) mass is 190 g/mol. The van der Waals surface area contributed by atoms with E-state index >= 15 is 0 Å². The molecule has 0 fully saturated rings. The molecule has 0 radical (unpaired) electrons. The Morgan fingerprint density at radius 1 is 1.64 bits per heavy atom. The van der Waals surface area contributed by atoms with Crippen molar-refractivity contribution in [2.75, 3.05) is 11.5 Å². The van der Waals surface area contributed by atoms with E-state index < -0.39 is 0 Å². The third kappa shape index (κ3) is 2.70. The normalized spacial score (nSPS) is 10.4. The summed E-state index contributed by atoms with van der Waals surface area (Å²) < 4.78 is 1.67. The Bertz CT molecular complexity index is 212. The molecule has 0 aliphatic rings. The first kappa shape index (κ1) is 8.86. The van der Waals surface area contributed by atoms with Crippen LogP contribution in [0, 0.1) is 0 Å². The van der Waals surface area contributed by atoms with Crippen LogP contribution in [0.15, 0.2) is 5.16 Å². The summed E-state index contributed by atoms with van der Waals surface area (Å²) in [6.45, 7) is 0. The SMILES string of the molecule is Cn1nnnc1SCCCS. The standard InChI is InChI=1S/C5H10N4S2/c1-9-5(6-7-8-9)11-4-2-3-10/h10H,2-4H2,1H3. The Morgan fingerprint density at radius 2 is 2.45 bits per heavy atom. The maximum Gasteiger partial charge on any atom is 0.209 e. The summed E-state index contributed by atoms with van der Waals surface area (Å²) in [7, 11) is 1.84. The Morgan fingerprint density at radius 3 is 3.00 bits per heavy atom. The molecule has 0 N–H and O–H groups in total. The zero-order chi connectivity index (χ0) is 8.10. The molecule has 1 aromatic rings. The highest BCUT2D eigenvalue weighted by Gasteiger charge is 2.00. The van der Waals surface area contributed by atoms with Gasteiger partial charge in [0.2, 0.25) is 5.16 Å². The van der Waals surface area contributed by atoms with Crippen LogP contribution in [0.5, 0.6) is 0 Å². The van der Waals surface area contributed by atoms with Crippen molar-refractivity contribution in [3.8, 4) is 0 Å². The molecule has 1 rings (SSSR count). The van der Waals surface area contributed by atoms with E-state index in [1.54, 1.807) is 16.4 Å². The van der Waals surface area contributed by atoms with Crippen LogP contribution in [0.2, 0.25) is 0 Å². The second-order valence-corrected chi connectivity index (χ2v) is 3.52. The van der Waals surface area contributed by atoms with Crippen molar-refractivity contribution in [3.63, 3.8) is 0 Å². The van der Waals surface area contributed by atoms with Gasteiger partial charge in [-0.1, -0.05) is 11.8 Å². The molecular formula is C5H10N4S2. The third-order valence-electron chi connectivity index (χ3n) is 1.11. The lowest BCUT2D eigenvalue weighted by atomic mass is 10.6. The number of tetrazole rings is 1. The Balaban J connectivity index is 2.32. The van der Waals surface area contributed by atoms with Gasteiger partial charge in [0.15, 0.2) is 0 Å². The summed E-state index contributed by atoms with van der Waals surface area (Å²) >= 11 is 5.76. The molecule has 6 heteroatoms. The van der Waals surface area contributed by atoms with Gasteiger partial charge in [0.05, 0.1) is 0 Å². The van der Waals surface area contributed by atoms with Gasteiger partial charge in [-0.05, 0) is 22.6 Å². The molecule has 0 bridgehead atoms. The third-order valence-corrected chi connectivity index (χ3v) is 2.53. The van der Waals surface area contributed by atoms with E-state index in [9.17, 15) is 0 Å². The zero-order valence-electron chi connectivity index (χ0n) is 6.27. The van der Waals surface area contributed by atoms with Gasteiger partial charge >= 0.3 is 0 Å². The molecule has 0 spiro atoms. The van der Waals surface area contributed by atoms with Crippen LogP contribution in [0.1, 0.15) is 6.42 Å². The maximum atomic E-state index is 4.11. The summed E-state index contributed by atoms with van der Waals surface area (Å²) in [5.41, 5.74) is 0. The minimum absolute atomic E-state index is 0.867. The molecule has 0 aliphatic carbocycles. The second-order valence-electron chi connectivity index (χ2n) is 2.01. The van der Waals surface area contributed by atoms with Crippen molar-refractivity contribution >= 4 is 24.4 Å². The minimum Gasteiger partial charge on any atom is -0.224 e. The van der Waals surface area contributed by atoms with E-state index in [0.29, 0.717) is 0 Å². The number of hydrogen-bond acceptors (Lipinski definition) is 5. The maximum absolute atomic E-state index is 4.11. The highest BCUT2D eigenvalue weighted by atomic mass is 32.2. The smallest absolute Gasteiger partial charge is 0.209 e. The van der Waals surface area contributed by atoms with Gasteiger partial charge in [-0.15, -0.1) is 5.10 Å². The van der Waals surface area contributed by atoms with Crippen LogP contribution in [0.4, 0.5) is 0 Å². The Kier molecular flexibility index (Phi) is 3.71. The highest BCUT2D eigenvalue weighted by Crippen LogP contribution is 2.12. The molecule has 0 aliphatic heterocycles. The topological polar surface area (TPSA) is 43.6 Å². The summed E-state index contributed by atoms with van der Waals surface area (Å²) in [4.78, 5) is 0. The number of hydrogen-bond donors (Lipinski definition) is 1. The molecule has 1 aromatic heterocycles. The Labute approximate surface area is 75.2 Å². The van der Waals surface area contributed by atoms with Crippen LogP contribution in [-0.4, -0.2) is 31.7 Å². The predicted octanol–water partition coefficient (Wildman–Crippen LogP) is 0.622. The van der Waals surface area contributed by atoms with Crippen LogP contribution in [0.25, 0.3) is 0 Å². The van der Waals surface area contributed by atoms with Crippen molar-refractivity contribution in [1.29, 1.82) is 0 Å². The first-order valence-corrected chi connectivity index (χ1v) is 4.92. The van der Waals surface area contributed by atoms with Crippen LogP contribution < -0.4 is 0 Å². The van der Waals surface area contributed by atoms with Crippen molar-refractivity contribution < 1.29 is 0 Å². The van der Waals surface area contributed by atoms with E-state index in [4.69, 9.17) is 0 Å². The number of aromatic nitrogens is 4. The first-order valence-electron chi connectivity index (χ1n) is 3.30. The van der Waals surface area contributed by atoms with Crippen molar-refractivity contribution in [2.45, 2.75) is 11.6 Å². The van der Waals surface area contributed by atoms with Gasteiger partial charge in [0.25, 0.3) is 0 Å². The van der Waals surface area contributed by atoms with Crippen molar-refractivity contribution in [1.82, 2.24) is 20.2 Å². The zero-order valence-corrected chi connectivity index (χ0v) is 7.98. The van der Waals surface area contributed by atoms with Gasteiger partial charge in [0, 0.05) is 12.8 Å². The lowest BCUT2D eigenvalue weighted by Crippen LogP contribution is -1.93. The van der Waals surface area contributed by atoms with E-state index in [1.165, 1.54) is 0 Å². The van der Waals surface area contributed by atoms with Crippen molar-refractivity contribution in [2.24, 2.45) is 7.05 Å². The summed E-state index contributed by atoms with van der Waals surface area (Å²) in [5, 5.41) is 11.9. The van der Waals surface area contributed by atoms with E-state index in [-0.39, 0.29) is 0 Å². The summed E-state index contributed by atoms with van der Waals surface area (Å²) in [6, 6.07) is 0. The molecule has 0 aromatic carbocycles. The molecule has 62 valence electrons. The average molecular weight is 190 g/mol. The predicted molar refractivity (Wildman–Crippen MR) is 48.0 cm³/mol. The molecule has 1 heterocycles. The van der Waals surface area contributed by atoms with Crippen LogP contribution >= 0.6 is 24.4 Å². The fourth-order valence-corrected chi connectivity index (χ4v) is 1.73. The first-order chi connectivity index (χ1) is 5.34. The lowest BCUT2D eigenvalue weighted by molar-refractivity contribution is 0.664. The quantitative estimate of drug-likeness (QED) is 0.429. The van der Waals surface area contributed by atoms with Gasteiger partial charge in [0.1, 0.15) is 0 Å². The van der Waals surface area contributed by atoms with Crippen molar-refractivity contribution in [3.05, 3.63) is 0 Å². The fraction of sp³-hybridized carbons (Fsp3) is 0.800. The van der Waals surface area contributed by atoms with E-state index in [1.807, 2.05) is 7.05 Å². The average Bonchev–Trinajstić information content (AvgIpc) is 2.37. The van der Waals surface area contributed by atoms with E-state index in [2.05, 4.69) is 28.2 Å². The molecule has 0 saturated heterocycles. The number of aryl methyl sites for hydroxylation is 1. The second kappa shape index (κ2) is 4.61.